The average Bonchev–Trinajstić information content (AvgIpc) is 1.98. The van der Waals surface area contributed by atoms with Crippen LogP contribution < -0.4 is 0 Å². The molecular weight excluding hydrogens is 148 g/mol. The fourth-order valence-electron chi connectivity index (χ4n) is 0.502. The molecule has 0 aliphatic rings. The molecule has 0 rings (SSSR count). The van der Waals surface area contributed by atoms with Crippen molar-refractivity contribution in [2.24, 2.45) is 0 Å². The zero-order valence-corrected chi connectivity index (χ0v) is 7.12. The Balaban J connectivity index is 2.96. The molecule has 0 atom stereocenters. The molecule has 0 aliphatic carbocycles. The summed E-state index contributed by atoms with van der Waals surface area (Å²) in [5, 5.41) is 9.07. The van der Waals surface area contributed by atoms with Gasteiger partial charge >= 0.3 is 0 Å². The summed E-state index contributed by atoms with van der Waals surface area (Å²) in [6.07, 6.45) is 2.48. The van der Waals surface area contributed by atoms with E-state index in [1.165, 1.54) is 0 Å². The second-order valence-electron chi connectivity index (χ2n) is 2.00. The second kappa shape index (κ2) is 6.96. The van der Waals surface area contributed by atoms with E-state index in [4.69, 9.17) is 22.1 Å². The van der Waals surface area contributed by atoms with E-state index in [1.807, 2.05) is 6.92 Å². The lowest BCUT2D eigenvalue weighted by Crippen LogP contribution is -2.01. The Kier molecular flexibility index (Phi) is 6.86. The smallest absolute Gasteiger partial charge is 0.159 e. The molecule has 3 heteroatoms. The molecule has 0 bridgehead atoms. The van der Waals surface area contributed by atoms with Crippen LogP contribution in [0.15, 0.2) is 0 Å². The minimum atomic E-state index is 0.238. The van der Waals surface area contributed by atoms with Gasteiger partial charge in [-0.25, -0.2) is 0 Å². The van der Waals surface area contributed by atoms with Crippen molar-refractivity contribution in [3.05, 3.63) is 0 Å². The van der Waals surface area contributed by atoms with E-state index in [0.717, 1.165) is 19.3 Å². The molecule has 0 aliphatic heterocycles. The highest BCUT2D eigenvalue weighted by Crippen LogP contribution is 1.92. The molecule has 0 saturated heterocycles. The zero-order chi connectivity index (χ0) is 7.82. The van der Waals surface area contributed by atoms with E-state index < -0.39 is 0 Å². The highest BCUT2D eigenvalue weighted by Gasteiger charge is 1.91. The van der Waals surface area contributed by atoms with Crippen molar-refractivity contribution in [1.82, 2.24) is 0 Å². The summed E-state index contributed by atoms with van der Waals surface area (Å²) < 4.78 is 5.11. The van der Waals surface area contributed by atoms with Gasteiger partial charge < -0.3 is 9.84 Å². The molecule has 10 heavy (non-hydrogen) atoms. The highest BCUT2D eigenvalue weighted by molar-refractivity contribution is 7.80. The van der Waals surface area contributed by atoms with Gasteiger partial charge in [0.05, 0.1) is 6.61 Å². The van der Waals surface area contributed by atoms with Gasteiger partial charge in [-0.15, -0.1) is 0 Å². The summed E-state index contributed by atoms with van der Waals surface area (Å²) in [7, 11) is 0. The van der Waals surface area contributed by atoms with Gasteiger partial charge in [-0.3, -0.25) is 0 Å². The van der Waals surface area contributed by atoms with Gasteiger partial charge in [0.1, 0.15) is 0 Å². The molecule has 0 aromatic rings. The Morgan fingerprint density at radius 3 is 2.70 bits per heavy atom. The maximum absolute atomic E-state index is 8.40. The van der Waals surface area contributed by atoms with Crippen molar-refractivity contribution in [2.75, 3.05) is 13.2 Å². The lowest BCUT2D eigenvalue weighted by molar-refractivity contribution is 0.248. The first-order valence-electron chi connectivity index (χ1n) is 3.57. The van der Waals surface area contributed by atoms with Crippen molar-refractivity contribution < 1.29 is 9.84 Å². The van der Waals surface area contributed by atoms with Crippen molar-refractivity contribution in [2.45, 2.75) is 26.2 Å². The average molecular weight is 162 g/mol. The largest absolute Gasteiger partial charge is 0.487 e. The van der Waals surface area contributed by atoms with Crippen molar-refractivity contribution in [3.8, 4) is 0 Å². The van der Waals surface area contributed by atoms with E-state index in [-0.39, 0.29) is 6.61 Å². The molecule has 0 aromatic heterocycles. The Morgan fingerprint density at radius 1 is 1.50 bits per heavy atom. The van der Waals surface area contributed by atoms with Crippen LogP contribution >= 0.6 is 12.2 Å². The van der Waals surface area contributed by atoms with Crippen LogP contribution in [-0.4, -0.2) is 23.4 Å². The minimum Gasteiger partial charge on any atom is -0.487 e. The second-order valence-corrected chi connectivity index (χ2v) is 2.46. The molecule has 1 N–H and O–H groups in total. The van der Waals surface area contributed by atoms with E-state index in [0.29, 0.717) is 11.7 Å². The lowest BCUT2D eigenvalue weighted by Gasteiger charge is -2.03. The number of aliphatic hydroxyl groups is 1. The molecule has 0 heterocycles. The van der Waals surface area contributed by atoms with Crippen LogP contribution in [0.4, 0.5) is 0 Å². The van der Waals surface area contributed by atoms with Gasteiger partial charge in [-0.1, -0.05) is 6.92 Å². The number of unbranched alkanes of at least 4 members (excludes halogenated alkanes) is 1. The van der Waals surface area contributed by atoms with Crippen LogP contribution in [0.3, 0.4) is 0 Å². The maximum atomic E-state index is 8.40. The van der Waals surface area contributed by atoms with Crippen molar-refractivity contribution in [1.29, 1.82) is 0 Å². The number of hydrogen-bond donors (Lipinski definition) is 1. The summed E-state index contributed by atoms with van der Waals surface area (Å²) in [6.45, 7) is 2.85. The molecule has 2 nitrogen and oxygen atoms in total. The third-order valence-electron chi connectivity index (χ3n) is 1.10. The minimum absolute atomic E-state index is 0.238. The number of ether oxygens (including phenoxy) is 1. The summed E-state index contributed by atoms with van der Waals surface area (Å²) in [5.74, 6) is 0. The Labute approximate surface area is 67.2 Å². The van der Waals surface area contributed by atoms with Crippen LogP contribution in [0.5, 0.6) is 0 Å². The first-order chi connectivity index (χ1) is 4.81. The van der Waals surface area contributed by atoms with Gasteiger partial charge in [0.2, 0.25) is 0 Å². The highest BCUT2D eigenvalue weighted by atomic mass is 32.1. The number of rotatable bonds is 5. The van der Waals surface area contributed by atoms with E-state index in [2.05, 4.69) is 0 Å². The summed E-state index contributed by atoms with van der Waals surface area (Å²) in [6, 6.07) is 0. The molecule has 0 unspecified atom stereocenters. The zero-order valence-electron chi connectivity index (χ0n) is 6.30. The van der Waals surface area contributed by atoms with Gasteiger partial charge in [-0.05, 0) is 25.1 Å². The number of aliphatic hydroxyl groups excluding tert-OH is 1. The van der Waals surface area contributed by atoms with E-state index in [9.17, 15) is 0 Å². The van der Waals surface area contributed by atoms with Crippen molar-refractivity contribution >= 4 is 17.3 Å². The van der Waals surface area contributed by atoms with Crippen molar-refractivity contribution in [3.63, 3.8) is 0 Å². The quantitative estimate of drug-likeness (QED) is 0.491. The normalized spacial score (nSPS) is 9.40. The van der Waals surface area contributed by atoms with Gasteiger partial charge in [0, 0.05) is 13.0 Å². The molecular formula is C7H14O2S. The Bertz CT molecular complexity index is 93.6. The molecule has 0 aromatic carbocycles. The molecule has 0 amide bonds. The monoisotopic (exact) mass is 162 g/mol. The molecule has 0 fully saturated rings. The third-order valence-corrected chi connectivity index (χ3v) is 1.51. The van der Waals surface area contributed by atoms with Crippen LogP contribution in [-0.2, 0) is 4.74 Å². The van der Waals surface area contributed by atoms with E-state index >= 15 is 0 Å². The predicted molar refractivity (Wildman–Crippen MR) is 45.2 cm³/mol. The fourth-order valence-corrected chi connectivity index (χ4v) is 0.585. The van der Waals surface area contributed by atoms with E-state index in [1.54, 1.807) is 0 Å². The Hall–Kier alpha value is -0.150. The number of hydrogen-bond acceptors (Lipinski definition) is 3. The van der Waals surface area contributed by atoms with Gasteiger partial charge in [0.15, 0.2) is 5.05 Å². The third kappa shape index (κ3) is 5.98. The lowest BCUT2D eigenvalue weighted by atomic mass is 10.3. The SMILES string of the molecule is CCC(=S)OCCCCO. The van der Waals surface area contributed by atoms with Crippen LogP contribution in [0.25, 0.3) is 0 Å². The first kappa shape index (κ1) is 9.85. The molecule has 0 spiro atoms. The Morgan fingerprint density at radius 2 is 2.20 bits per heavy atom. The summed E-state index contributed by atoms with van der Waals surface area (Å²) >= 11 is 4.82. The first-order valence-corrected chi connectivity index (χ1v) is 3.98. The predicted octanol–water partition coefficient (Wildman–Crippen LogP) is 1.51. The standard InChI is InChI=1S/C7H14O2S/c1-2-7(10)9-6-4-3-5-8/h8H,2-6H2,1H3. The molecule has 0 saturated carbocycles. The maximum Gasteiger partial charge on any atom is 0.159 e. The van der Waals surface area contributed by atoms with Crippen LogP contribution in [0.1, 0.15) is 26.2 Å². The topological polar surface area (TPSA) is 29.5 Å². The fraction of sp³-hybridized carbons (Fsp3) is 0.857. The number of thiocarbonyl (C=S) groups is 1. The summed E-state index contributed by atoms with van der Waals surface area (Å²) in [4.78, 5) is 0. The van der Waals surface area contributed by atoms with Gasteiger partial charge in [-0.2, -0.15) is 0 Å². The molecule has 60 valence electrons. The van der Waals surface area contributed by atoms with Crippen LogP contribution in [0.2, 0.25) is 0 Å². The molecule has 0 radical (unpaired) electrons. The summed E-state index contributed by atoms with van der Waals surface area (Å²) in [5.41, 5.74) is 0. The van der Waals surface area contributed by atoms with Crippen LogP contribution in [0, 0.1) is 0 Å². The van der Waals surface area contributed by atoms with Gasteiger partial charge in [0.25, 0.3) is 0 Å².